The van der Waals surface area contributed by atoms with Crippen molar-refractivity contribution in [2.75, 3.05) is 33.7 Å². The largest absolute Gasteiger partial charge is 0.544 e. The number of carbonyl (C=O) groups is 2. The number of rotatable bonds is 22. The molecule has 0 aliphatic carbocycles. The van der Waals surface area contributed by atoms with E-state index in [0.717, 1.165) is 51.4 Å². The van der Waals surface area contributed by atoms with Gasteiger partial charge in [-0.25, -0.2) is 0 Å². The average molecular weight is 459 g/mol. The minimum Gasteiger partial charge on any atom is -0.544 e. The predicted molar refractivity (Wildman–Crippen MR) is 127 cm³/mol. The number of aliphatic hydroxyl groups excluding tert-OH is 2. The monoisotopic (exact) mass is 458 g/mol. The first-order chi connectivity index (χ1) is 15.2. The number of amides is 1. The van der Waals surface area contributed by atoms with Crippen LogP contribution in [0.4, 0.5) is 0 Å². The molecule has 2 atom stereocenters. The molecule has 0 saturated carbocycles. The molecule has 0 aromatic heterocycles. The highest BCUT2D eigenvalue weighted by Crippen LogP contribution is 2.15. The van der Waals surface area contributed by atoms with Crippen molar-refractivity contribution in [3.05, 3.63) is 0 Å². The molecule has 0 fully saturated rings. The van der Waals surface area contributed by atoms with E-state index in [-0.39, 0.29) is 12.5 Å². The van der Waals surface area contributed by atoms with E-state index in [9.17, 15) is 24.9 Å². The minimum atomic E-state index is -1.06. The fourth-order valence-electron chi connectivity index (χ4n) is 3.94. The predicted octanol–water partition coefficient (Wildman–Crippen LogP) is 2.52. The van der Waals surface area contributed by atoms with E-state index < -0.39 is 18.2 Å². The minimum absolute atomic E-state index is 0.0247. The van der Waals surface area contributed by atoms with Gasteiger partial charge < -0.3 is 29.9 Å². The number of aliphatic carboxylic acids is 1. The summed E-state index contributed by atoms with van der Waals surface area (Å²) in [5, 5.41) is 33.7. The zero-order chi connectivity index (χ0) is 24.2. The van der Waals surface area contributed by atoms with Crippen molar-refractivity contribution in [1.29, 1.82) is 0 Å². The molecule has 0 spiro atoms. The number of nitrogens with one attached hydrogen (secondary N) is 1. The second-order valence-corrected chi connectivity index (χ2v) is 9.89. The Morgan fingerprint density at radius 1 is 0.812 bits per heavy atom. The van der Waals surface area contributed by atoms with Crippen LogP contribution >= 0.6 is 0 Å². The molecule has 0 bridgehead atoms. The van der Waals surface area contributed by atoms with E-state index in [1.54, 1.807) is 0 Å². The van der Waals surface area contributed by atoms with Crippen molar-refractivity contribution in [2.24, 2.45) is 0 Å². The first kappa shape index (κ1) is 30.8. The average Bonchev–Trinajstić information content (AvgIpc) is 2.71. The number of likely N-dealkylation sites (N-methyl/N-ethyl adjacent to an activating group) is 1. The van der Waals surface area contributed by atoms with Gasteiger partial charge in [-0.05, 0) is 19.3 Å². The zero-order valence-corrected chi connectivity index (χ0v) is 20.9. The maximum atomic E-state index is 11.9. The molecule has 0 saturated heterocycles. The van der Waals surface area contributed by atoms with E-state index in [4.69, 9.17) is 0 Å². The summed E-state index contributed by atoms with van der Waals surface area (Å²) in [6.45, 7) is 3.41. The number of nitrogens with zero attached hydrogens (tertiary/aromatic N) is 1. The molecular weight excluding hydrogens is 408 g/mol. The molecule has 32 heavy (non-hydrogen) atoms. The summed E-state index contributed by atoms with van der Waals surface area (Å²) in [7, 11) is 3.68. The molecule has 190 valence electrons. The summed E-state index contributed by atoms with van der Waals surface area (Å²) in [4.78, 5) is 22.6. The fraction of sp³-hybridized carbons (Fsp3) is 0.920. The second kappa shape index (κ2) is 19.3. The van der Waals surface area contributed by atoms with Gasteiger partial charge in [0.2, 0.25) is 5.91 Å². The Balaban J connectivity index is 3.56. The number of hydrogen-bond donors (Lipinski definition) is 3. The van der Waals surface area contributed by atoms with E-state index in [0.29, 0.717) is 36.8 Å². The topological polar surface area (TPSA) is 110 Å². The zero-order valence-electron chi connectivity index (χ0n) is 20.9. The normalized spacial score (nSPS) is 13.7. The molecule has 7 heteroatoms. The van der Waals surface area contributed by atoms with Crippen molar-refractivity contribution in [3.63, 3.8) is 0 Å². The number of hydrogen-bond acceptors (Lipinski definition) is 5. The van der Waals surface area contributed by atoms with Crippen LogP contribution in [0.5, 0.6) is 0 Å². The Hall–Kier alpha value is -1.18. The summed E-state index contributed by atoms with van der Waals surface area (Å²) in [5.74, 6) is -1.01. The molecular formula is C25H50N2O5. The van der Waals surface area contributed by atoms with Crippen LogP contribution in [0.1, 0.15) is 103 Å². The highest BCUT2D eigenvalue weighted by atomic mass is 16.4. The molecule has 1 amide bonds. The second-order valence-electron chi connectivity index (χ2n) is 9.89. The SMILES string of the molecule is CCCCCCCCC(O)C(O)CCCCCCCC(=O)NCCC[N+](C)(C)CC(=O)[O-]. The third-order valence-corrected chi connectivity index (χ3v) is 6.02. The third kappa shape index (κ3) is 19.5. The maximum Gasteiger partial charge on any atom is 0.219 e. The number of carboxylic acid groups (broad SMARTS) is 1. The number of carbonyl (C=O) groups excluding carboxylic acids is 2. The van der Waals surface area contributed by atoms with Gasteiger partial charge in [0, 0.05) is 19.4 Å². The van der Waals surface area contributed by atoms with Crippen LogP contribution < -0.4 is 10.4 Å². The van der Waals surface area contributed by atoms with E-state index in [1.165, 1.54) is 25.7 Å². The molecule has 0 heterocycles. The third-order valence-electron chi connectivity index (χ3n) is 6.02. The molecule has 2 unspecified atom stereocenters. The molecule has 7 nitrogen and oxygen atoms in total. The van der Waals surface area contributed by atoms with Crippen LogP contribution in [-0.2, 0) is 9.59 Å². The number of quaternary nitrogens is 1. The van der Waals surface area contributed by atoms with Crippen molar-refractivity contribution in [2.45, 2.75) is 115 Å². The van der Waals surface area contributed by atoms with E-state index in [2.05, 4.69) is 12.2 Å². The lowest BCUT2D eigenvalue weighted by Gasteiger charge is -2.30. The standard InChI is InChI=1S/C25H50N2O5/c1-4-5-6-7-9-12-16-22(28)23(29)17-13-10-8-11-14-18-24(30)26-19-15-20-27(2,3)21-25(31)32/h22-23,28-29H,4-21H2,1-3H3,(H-,26,30,31,32). The summed E-state index contributed by atoms with van der Waals surface area (Å²) in [6.07, 6.45) is 13.3. The van der Waals surface area contributed by atoms with Crippen molar-refractivity contribution < 1.29 is 29.4 Å². The smallest absolute Gasteiger partial charge is 0.219 e. The lowest BCUT2D eigenvalue weighted by atomic mass is 9.99. The lowest BCUT2D eigenvalue weighted by Crippen LogP contribution is -2.49. The van der Waals surface area contributed by atoms with Crippen LogP contribution in [0.15, 0.2) is 0 Å². The van der Waals surface area contributed by atoms with Gasteiger partial charge in [-0.2, -0.15) is 0 Å². The van der Waals surface area contributed by atoms with Crippen molar-refractivity contribution in [1.82, 2.24) is 5.32 Å². The number of aliphatic hydroxyl groups is 2. The van der Waals surface area contributed by atoms with Crippen LogP contribution in [0.25, 0.3) is 0 Å². The molecule has 0 aliphatic rings. The summed E-state index contributed by atoms with van der Waals surface area (Å²) < 4.78 is 0.350. The van der Waals surface area contributed by atoms with Crippen LogP contribution in [0.2, 0.25) is 0 Å². The Morgan fingerprint density at radius 2 is 1.31 bits per heavy atom. The molecule has 3 N–H and O–H groups in total. The van der Waals surface area contributed by atoms with Crippen LogP contribution in [0.3, 0.4) is 0 Å². The van der Waals surface area contributed by atoms with Gasteiger partial charge in [-0.15, -0.1) is 0 Å². The first-order valence-corrected chi connectivity index (χ1v) is 12.8. The Kier molecular flexibility index (Phi) is 18.6. The first-order valence-electron chi connectivity index (χ1n) is 12.8. The summed E-state index contributed by atoms with van der Waals surface area (Å²) >= 11 is 0. The molecule has 0 aliphatic heterocycles. The molecule has 0 radical (unpaired) electrons. The number of carboxylic acids is 1. The van der Waals surface area contributed by atoms with Crippen LogP contribution in [-0.4, -0.2) is 72.5 Å². The van der Waals surface area contributed by atoms with Gasteiger partial charge in [-0.3, -0.25) is 4.79 Å². The Bertz CT molecular complexity index is 485. The maximum absolute atomic E-state index is 11.9. The quantitative estimate of drug-likeness (QED) is 0.171. The molecule has 0 aromatic carbocycles. The molecule has 0 rings (SSSR count). The highest BCUT2D eigenvalue weighted by Gasteiger charge is 2.16. The van der Waals surface area contributed by atoms with Gasteiger partial charge >= 0.3 is 0 Å². The van der Waals surface area contributed by atoms with E-state index in [1.807, 2.05) is 14.1 Å². The summed E-state index contributed by atoms with van der Waals surface area (Å²) in [5.41, 5.74) is 0. The highest BCUT2D eigenvalue weighted by molar-refractivity contribution is 5.75. The van der Waals surface area contributed by atoms with Gasteiger partial charge in [0.1, 0.15) is 6.54 Å². The lowest BCUT2D eigenvalue weighted by molar-refractivity contribution is -0.884. The van der Waals surface area contributed by atoms with Gasteiger partial charge in [0.05, 0.1) is 38.8 Å². The van der Waals surface area contributed by atoms with Gasteiger partial charge in [-0.1, -0.05) is 71.1 Å². The van der Waals surface area contributed by atoms with Crippen molar-refractivity contribution >= 4 is 11.9 Å². The van der Waals surface area contributed by atoms with Crippen LogP contribution in [0, 0.1) is 0 Å². The Morgan fingerprint density at radius 3 is 1.84 bits per heavy atom. The molecule has 0 aromatic rings. The van der Waals surface area contributed by atoms with E-state index >= 15 is 0 Å². The summed E-state index contributed by atoms with van der Waals surface area (Å²) in [6, 6.07) is 0. The Labute approximate surface area is 196 Å². The van der Waals surface area contributed by atoms with Gasteiger partial charge in [0.25, 0.3) is 0 Å². The fourth-order valence-corrected chi connectivity index (χ4v) is 3.94. The van der Waals surface area contributed by atoms with Crippen molar-refractivity contribution in [3.8, 4) is 0 Å². The van der Waals surface area contributed by atoms with Gasteiger partial charge in [0.15, 0.2) is 0 Å². The number of unbranched alkanes of at least 4 members (excludes halogenated alkanes) is 9.